The zero-order valence-electron chi connectivity index (χ0n) is 14.3. The molecular weight excluding hydrogens is 433 g/mol. The molecular formula is C21H12Cl3N3S. The molecule has 0 bridgehead atoms. The van der Waals surface area contributed by atoms with Gasteiger partial charge in [0.2, 0.25) is 0 Å². The van der Waals surface area contributed by atoms with Gasteiger partial charge < -0.3 is 4.98 Å². The van der Waals surface area contributed by atoms with Crippen molar-refractivity contribution in [3.05, 3.63) is 74.4 Å². The number of rotatable bonds is 3. The molecule has 0 saturated heterocycles. The Morgan fingerprint density at radius 2 is 1.71 bits per heavy atom. The Morgan fingerprint density at radius 3 is 2.46 bits per heavy atom. The van der Waals surface area contributed by atoms with Crippen LogP contribution >= 0.6 is 46.1 Å². The fourth-order valence-corrected chi connectivity index (χ4v) is 5.02. The first-order valence-corrected chi connectivity index (χ1v) is 10.4. The Balaban J connectivity index is 1.74. The average Bonchev–Trinajstić information content (AvgIpc) is 3.38. The van der Waals surface area contributed by atoms with Gasteiger partial charge in [0.15, 0.2) is 0 Å². The van der Waals surface area contributed by atoms with Crippen LogP contribution in [0.4, 0.5) is 0 Å². The third-order valence-corrected chi connectivity index (χ3v) is 6.33. The van der Waals surface area contributed by atoms with Crippen molar-refractivity contribution in [2.75, 3.05) is 0 Å². The van der Waals surface area contributed by atoms with Gasteiger partial charge in [0.05, 0.1) is 21.4 Å². The van der Waals surface area contributed by atoms with Crippen LogP contribution in [-0.2, 0) is 0 Å². The molecule has 0 radical (unpaired) electrons. The number of aromatic amines is 2. The largest absolute Gasteiger partial charge is 0.354 e. The first kappa shape index (κ1) is 17.8. The minimum atomic E-state index is 0.619. The number of benzene rings is 2. The maximum absolute atomic E-state index is 6.31. The summed E-state index contributed by atoms with van der Waals surface area (Å²) in [5, 5.41) is 9.33. The first-order chi connectivity index (χ1) is 13.6. The lowest BCUT2D eigenvalue weighted by molar-refractivity contribution is 1.10. The molecule has 0 aliphatic rings. The fraction of sp³-hybridized carbons (Fsp3) is 0. The smallest absolute Gasteiger partial charge is 0.104 e. The molecule has 0 fully saturated rings. The van der Waals surface area contributed by atoms with Gasteiger partial charge in [0.25, 0.3) is 0 Å². The standard InChI is InChI=1S/C21H12Cl3N3S/c22-12-6-7-15-13(8-12)19(20(25-15)11-4-2-1-3-5-11)17-10-16(26-27-17)14-9-18(23)28-21(14)24/h1-10,25H,(H,26,27). The zero-order chi connectivity index (χ0) is 19.3. The van der Waals surface area contributed by atoms with Crippen LogP contribution < -0.4 is 0 Å². The van der Waals surface area contributed by atoms with Gasteiger partial charge in [-0.1, -0.05) is 65.1 Å². The van der Waals surface area contributed by atoms with E-state index in [1.807, 2.05) is 48.5 Å². The highest BCUT2D eigenvalue weighted by molar-refractivity contribution is 7.20. The summed E-state index contributed by atoms with van der Waals surface area (Å²) < 4.78 is 1.25. The summed E-state index contributed by atoms with van der Waals surface area (Å²) in [6, 6.07) is 19.8. The summed E-state index contributed by atoms with van der Waals surface area (Å²) in [6.07, 6.45) is 0. The van der Waals surface area contributed by atoms with Gasteiger partial charge in [0.1, 0.15) is 4.34 Å². The molecule has 138 valence electrons. The van der Waals surface area contributed by atoms with E-state index in [9.17, 15) is 0 Å². The molecule has 0 aliphatic heterocycles. The van der Waals surface area contributed by atoms with Crippen molar-refractivity contribution in [3.8, 4) is 33.8 Å². The van der Waals surface area contributed by atoms with Crippen LogP contribution in [0.15, 0.2) is 60.7 Å². The van der Waals surface area contributed by atoms with Crippen molar-refractivity contribution in [2.45, 2.75) is 0 Å². The number of halogens is 3. The maximum Gasteiger partial charge on any atom is 0.104 e. The first-order valence-electron chi connectivity index (χ1n) is 8.48. The number of hydrogen-bond donors (Lipinski definition) is 2. The van der Waals surface area contributed by atoms with Crippen molar-refractivity contribution in [1.82, 2.24) is 15.2 Å². The van der Waals surface area contributed by atoms with E-state index in [1.54, 1.807) is 0 Å². The van der Waals surface area contributed by atoms with E-state index in [4.69, 9.17) is 34.8 Å². The summed E-state index contributed by atoms with van der Waals surface area (Å²) in [4.78, 5) is 3.52. The highest BCUT2D eigenvalue weighted by Crippen LogP contribution is 2.42. The molecule has 0 unspecified atom stereocenters. The van der Waals surface area contributed by atoms with E-state index in [1.165, 1.54) is 11.3 Å². The van der Waals surface area contributed by atoms with E-state index >= 15 is 0 Å². The molecule has 0 spiro atoms. The highest BCUT2D eigenvalue weighted by Gasteiger charge is 2.19. The molecule has 3 heterocycles. The molecule has 7 heteroatoms. The second kappa shape index (κ2) is 6.98. The van der Waals surface area contributed by atoms with Crippen LogP contribution in [0.1, 0.15) is 0 Å². The molecule has 28 heavy (non-hydrogen) atoms. The Bertz CT molecular complexity index is 1300. The molecule has 5 aromatic rings. The van der Waals surface area contributed by atoms with E-state index in [2.05, 4.69) is 27.3 Å². The van der Waals surface area contributed by atoms with Gasteiger partial charge in [-0.3, -0.25) is 5.10 Å². The van der Waals surface area contributed by atoms with Gasteiger partial charge in [-0.15, -0.1) is 11.3 Å². The summed E-state index contributed by atoms with van der Waals surface area (Å²) in [5.41, 5.74) is 6.55. The maximum atomic E-state index is 6.31. The molecule has 2 aromatic carbocycles. The number of H-pyrrole nitrogens is 2. The van der Waals surface area contributed by atoms with Crippen LogP contribution in [-0.4, -0.2) is 15.2 Å². The molecule has 3 nitrogen and oxygen atoms in total. The third-order valence-electron chi connectivity index (χ3n) is 4.60. The van der Waals surface area contributed by atoms with Crippen LogP contribution in [0.3, 0.4) is 0 Å². The number of nitrogens with zero attached hydrogens (tertiary/aromatic N) is 1. The molecule has 3 aromatic heterocycles. The Hall–Kier alpha value is -2.24. The van der Waals surface area contributed by atoms with Gasteiger partial charge in [-0.05, 0) is 35.9 Å². The minimum Gasteiger partial charge on any atom is -0.354 e. The number of thiophene rings is 1. The van der Waals surface area contributed by atoms with Crippen LogP contribution in [0.5, 0.6) is 0 Å². The lowest BCUT2D eigenvalue weighted by Gasteiger charge is -2.03. The molecule has 0 atom stereocenters. The SMILES string of the molecule is Clc1ccc2[nH]c(-c3ccccc3)c(-c3cc(-c4cc(Cl)sc4Cl)n[nH]3)c2c1. The average molecular weight is 445 g/mol. The second-order valence-electron chi connectivity index (χ2n) is 6.34. The minimum absolute atomic E-state index is 0.619. The Morgan fingerprint density at radius 1 is 0.893 bits per heavy atom. The van der Waals surface area contributed by atoms with Crippen molar-refractivity contribution < 1.29 is 0 Å². The van der Waals surface area contributed by atoms with E-state index < -0.39 is 0 Å². The summed E-state index contributed by atoms with van der Waals surface area (Å²) >= 11 is 20.0. The zero-order valence-corrected chi connectivity index (χ0v) is 17.3. The van der Waals surface area contributed by atoms with E-state index in [0.717, 1.165) is 44.7 Å². The van der Waals surface area contributed by atoms with Gasteiger partial charge >= 0.3 is 0 Å². The summed E-state index contributed by atoms with van der Waals surface area (Å²) in [6.45, 7) is 0. The normalized spacial score (nSPS) is 11.4. The van der Waals surface area contributed by atoms with E-state index in [-0.39, 0.29) is 0 Å². The predicted molar refractivity (Wildman–Crippen MR) is 120 cm³/mol. The topological polar surface area (TPSA) is 44.5 Å². The summed E-state index contributed by atoms with van der Waals surface area (Å²) in [5.74, 6) is 0. The second-order valence-corrected chi connectivity index (χ2v) is 9.06. The molecule has 0 amide bonds. The van der Waals surface area contributed by atoms with Gasteiger partial charge in [-0.2, -0.15) is 5.10 Å². The van der Waals surface area contributed by atoms with Crippen LogP contribution in [0.25, 0.3) is 44.7 Å². The lowest BCUT2D eigenvalue weighted by Crippen LogP contribution is -1.83. The van der Waals surface area contributed by atoms with Crippen molar-refractivity contribution in [1.29, 1.82) is 0 Å². The molecule has 0 saturated carbocycles. The van der Waals surface area contributed by atoms with Crippen molar-refractivity contribution in [2.24, 2.45) is 0 Å². The summed E-state index contributed by atoms with van der Waals surface area (Å²) in [7, 11) is 0. The van der Waals surface area contributed by atoms with Gasteiger partial charge in [0, 0.05) is 27.1 Å². The van der Waals surface area contributed by atoms with Crippen molar-refractivity contribution >= 4 is 57.0 Å². The monoisotopic (exact) mass is 443 g/mol. The lowest BCUT2D eigenvalue weighted by atomic mass is 10.0. The number of aromatic nitrogens is 3. The van der Waals surface area contributed by atoms with Crippen LogP contribution in [0, 0.1) is 0 Å². The molecule has 5 rings (SSSR count). The van der Waals surface area contributed by atoms with Crippen LogP contribution in [0.2, 0.25) is 13.7 Å². The predicted octanol–water partition coefficient (Wildman–Crippen LogP) is 7.91. The number of fused-ring (bicyclic) bond motifs is 1. The number of nitrogens with one attached hydrogen (secondary N) is 2. The third kappa shape index (κ3) is 3.03. The molecule has 0 aliphatic carbocycles. The van der Waals surface area contributed by atoms with E-state index in [0.29, 0.717) is 13.7 Å². The molecule has 2 N–H and O–H groups in total. The Labute approximate surface area is 179 Å². The Kier molecular flexibility index (Phi) is 4.44. The van der Waals surface area contributed by atoms with Crippen molar-refractivity contribution in [3.63, 3.8) is 0 Å². The highest BCUT2D eigenvalue weighted by atomic mass is 35.5. The van der Waals surface area contributed by atoms with Gasteiger partial charge in [-0.25, -0.2) is 0 Å². The number of hydrogen-bond acceptors (Lipinski definition) is 2. The fourth-order valence-electron chi connectivity index (χ4n) is 3.37. The quantitative estimate of drug-likeness (QED) is 0.292.